The molecule has 3 heterocycles. The van der Waals surface area contributed by atoms with E-state index in [0.29, 0.717) is 60.3 Å². The Morgan fingerprint density at radius 2 is 0.990 bits per heavy atom. The molecule has 14 heteroatoms. The van der Waals surface area contributed by atoms with Gasteiger partial charge >= 0.3 is 5.97 Å². The molecule has 16 aliphatic carbocycles. The van der Waals surface area contributed by atoms with E-state index in [1.807, 2.05) is 6.92 Å². The van der Waals surface area contributed by atoms with Crippen LogP contribution >= 0.6 is 0 Å². The molecule has 3 aromatic heterocycles. The highest BCUT2D eigenvalue weighted by Crippen LogP contribution is 2.64. The number of amides is 3. The lowest BCUT2D eigenvalue weighted by atomic mass is 9.48. The third-order valence-corrected chi connectivity index (χ3v) is 30.3. The Kier molecular flexibility index (Phi) is 20.0. The van der Waals surface area contributed by atoms with Gasteiger partial charge in [-0.2, -0.15) is 15.3 Å². The zero-order valence-electron chi connectivity index (χ0n) is 63.3. The van der Waals surface area contributed by atoms with E-state index in [1.54, 1.807) is 0 Å². The van der Waals surface area contributed by atoms with Crippen molar-refractivity contribution in [1.29, 1.82) is 0 Å². The van der Waals surface area contributed by atoms with Gasteiger partial charge in [0.25, 0.3) is 5.91 Å². The molecule has 13 fully saturated rings. The molecule has 99 heavy (non-hydrogen) atoms. The van der Waals surface area contributed by atoms with Crippen LogP contribution < -0.4 is 16.0 Å². The Morgan fingerprint density at radius 3 is 1.47 bits per heavy atom. The molecule has 14 nitrogen and oxygen atoms in total. The number of rotatable bonds is 16. The zero-order valence-corrected chi connectivity index (χ0v) is 63.3. The molecule has 5 atom stereocenters. The maximum Gasteiger partial charge on any atom is 0.309 e. The fraction of sp³-hybridized carbons (Fsp3) is 0.847. The number of fused-ring (bicyclic) bond motifs is 5. The highest BCUT2D eigenvalue weighted by Gasteiger charge is 2.60. The average molecular weight is 1360 g/mol. The Morgan fingerprint density at radius 1 is 0.525 bits per heavy atom. The predicted octanol–water partition coefficient (Wildman–Crippen LogP) is 17.3. The Labute approximate surface area is 595 Å². The number of nitrogens with one attached hydrogen (secondary N) is 3. The number of aromatic nitrogens is 6. The van der Waals surface area contributed by atoms with Crippen molar-refractivity contribution in [3.05, 3.63) is 50.9 Å². The minimum absolute atomic E-state index is 0.0443. The SMILES string of the molecule is CC(C)(Cc1nn(C2CCCCC2)c2c1CCCC2)C(=O)NC1C2CC3CC(C2)CC1C3.CC(NC(=O)C(C)(C)Cc1nn(C2CCCCC2)c2c1CCCC2)C12CC3CC(CC(C3)C1)C2.CCOC(=O)C1CCc2c(c(C(=O)NC3C4(C)CCC(C4)C3(C)C)nn2C2CCCCC2)C1. The molecule has 0 radical (unpaired) electrons. The minimum atomic E-state index is -0.423. The van der Waals surface area contributed by atoms with Crippen LogP contribution in [0.5, 0.6) is 0 Å². The summed E-state index contributed by atoms with van der Waals surface area (Å²) in [4.78, 5) is 53.6. The summed E-state index contributed by atoms with van der Waals surface area (Å²) in [7, 11) is 0. The first-order valence-electron chi connectivity index (χ1n) is 41.9. The molecular formula is C85H131N9O5. The molecule has 546 valence electrons. The van der Waals surface area contributed by atoms with Crippen LogP contribution in [0.25, 0.3) is 0 Å². The van der Waals surface area contributed by atoms with Gasteiger partial charge in [-0.25, -0.2) is 0 Å². The van der Waals surface area contributed by atoms with E-state index in [-0.39, 0.29) is 46.5 Å². The highest BCUT2D eigenvalue weighted by atomic mass is 16.5. The van der Waals surface area contributed by atoms with Crippen molar-refractivity contribution < 1.29 is 23.9 Å². The van der Waals surface area contributed by atoms with Gasteiger partial charge < -0.3 is 20.7 Å². The number of esters is 1. The molecule has 19 rings (SSSR count). The smallest absolute Gasteiger partial charge is 0.309 e. The number of nitrogens with zero attached hydrogens (tertiary/aromatic N) is 6. The molecule has 0 aliphatic heterocycles. The fourth-order valence-corrected chi connectivity index (χ4v) is 25.5. The molecule has 0 aromatic carbocycles. The van der Waals surface area contributed by atoms with Crippen LogP contribution in [-0.4, -0.2) is 77.8 Å². The van der Waals surface area contributed by atoms with E-state index in [0.717, 1.165) is 98.4 Å². The summed E-state index contributed by atoms with van der Waals surface area (Å²) in [6, 6.07) is 2.45. The average Bonchev–Trinajstić information content (AvgIpc) is 1.71. The van der Waals surface area contributed by atoms with Crippen LogP contribution in [0.15, 0.2) is 0 Å². The predicted molar refractivity (Wildman–Crippen MR) is 391 cm³/mol. The van der Waals surface area contributed by atoms with Gasteiger partial charge in [-0.05, 0) is 288 Å². The molecule has 0 saturated heterocycles. The lowest BCUT2D eigenvalue weighted by Crippen LogP contribution is -2.57. The number of ether oxygens (including phenoxy) is 1. The molecule has 5 unspecified atom stereocenters. The second-order valence-corrected chi connectivity index (χ2v) is 38.7. The second kappa shape index (κ2) is 28.2. The fourth-order valence-electron chi connectivity index (χ4n) is 25.5. The van der Waals surface area contributed by atoms with Crippen molar-refractivity contribution in [1.82, 2.24) is 45.3 Å². The van der Waals surface area contributed by atoms with Gasteiger partial charge in [0.2, 0.25) is 11.8 Å². The number of hydrogen-bond acceptors (Lipinski definition) is 8. The van der Waals surface area contributed by atoms with E-state index in [9.17, 15) is 19.2 Å². The van der Waals surface area contributed by atoms with Gasteiger partial charge in [0.1, 0.15) is 0 Å². The quantitative estimate of drug-likeness (QED) is 0.119. The van der Waals surface area contributed by atoms with Crippen molar-refractivity contribution in [2.45, 2.75) is 368 Å². The Bertz CT molecular complexity index is 3350. The van der Waals surface area contributed by atoms with E-state index < -0.39 is 10.8 Å². The number of hydrogen-bond donors (Lipinski definition) is 3. The van der Waals surface area contributed by atoms with Crippen molar-refractivity contribution in [3.63, 3.8) is 0 Å². The first-order valence-corrected chi connectivity index (χ1v) is 41.9. The number of carbonyl (C=O) groups excluding carboxylic acids is 4. The van der Waals surface area contributed by atoms with Gasteiger partial charge in [0.15, 0.2) is 5.69 Å². The van der Waals surface area contributed by atoms with Crippen molar-refractivity contribution in [3.8, 4) is 0 Å². The molecule has 10 bridgehead atoms. The molecule has 3 aromatic rings. The lowest BCUT2D eigenvalue weighted by Gasteiger charge is -2.59. The summed E-state index contributed by atoms with van der Waals surface area (Å²) in [6.07, 6.45) is 51.7. The summed E-state index contributed by atoms with van der Waals surface area (Å²) in [5.41, 5.74) is 11.0. The van der Waals surface area contributed by atoms with Crippen LogP contribution in [-0.2, 0) is 70.5 Å². The standard InChI is InChI=1S/C30H47N3O.C28H43N3O.C27H41N3O3/c1-20(30-16-21-13-22(17-30)15-23(14-21)18-30)31-28(34)29(2,3)19-26-25-11-7-8-12-27(25)33(32-26)24-9-5-4-6-10-24;1-28(2,27(32)29-26-20-13-18-12-19(15-20)16-21(26)14-18)17-24-23-10-6-7-11-25(23)31(30-24)22-8-4-3-5-9-22;1-5-33-24(32)17-11-12-21-20(15-17)22(29-30(21)19-9-7-6-8-10-19)23(31)28-25-26(2,3)18-13-14-27(25,4)16-18/h20-24H,4-19H2,1-3H3,(H,31,34);18-22,26H,3-17H2,1-2H3,(H,29,32);17-19,25H,5-16H2,1-4H3,(H,28,31). The highest BCUT2D eigenvalue weighted by molar-refractivity contribution is 5.95. The van der Waals surface area contributed by atoms with E-state index in [4.69, 9.17) is 20.0 Å². The van der Waals surface area contributed by atoms with E-state index in [2.05, 4.69) is 85.4 Å². The van der Waals surface area contributed by atoms with Crippen molar-refractivity contribution in [2.75, 3.05) is 6.61 Å². The van der Waals surface area contributed by atoms with E-state index in [1.165, 1.54) is 251 Å². The second-order valence-electron chi connectivity index (χ2n) is 38.7. The summed E-state index contributed by atoms with van der Waals surface area (Å²) in [6.45, 7) is 20.2. The molecule has 3 amide bonds. The van der Waals surface area contributed by atoms with E-state index >= 15 is 0 Å². The first kappa shape index (κ1) is 70.2. The topological polar surface area (TPSA) is 167 Å². The third-order valence-electron chi connectivity index (χ3n) is 30.3. The van der Waals surface area contributed by atoms with Crippen LogP contribution in [0.2, 0.25) is 0 Å². The van der Waals surface area contributed by atoms with Crippen molar-refractivity contribution in [2.24, 2.45) is 80.3 Å². The van der Waals surface area contributed by atoms with Crippen LogP contribution in [0.1, 0.15) is 354 Å². The van der Waals surface area contributed by atoms with Gasteiger partial charge in [-0.3, -0.25) is 33.2 Å². The Balaban J connectivity index is 0.000000121. The van der Waals surface area contributed by atoms with Crippen LogP contribution in [0.4, 0.5) is 0 Å². The monoisotopic (exact) mass is 1360 g/mol. The summed E-state index contributed by atoms with van der Waals surface area (Å²) in [5.74, 6) is 6.99. The molecule has 13 saturated carbocycles. The van der Waals surface area contributed by atoms with Gasteiger partial charge in [-0.1, -0.05) is 106 Å². The maximum atomic E-state index is 13.8. The van der Waals surface area contributed by atoms with Crippen LogP contribution in [0, 0.1) is 80.3 Å². The molecule has 16 aliphatic rings. The minimum Gasteiger partial charge on any atom is -0.466 e. The van der Waals surface area contributed by atoms with Crippen molar-refractivity contribution >= 4 is 23.7 Å². The largest absolute Gasteiger partial charge is 0.466 e. The molecular weight excluding hydrogens is 1230 g/mol. The van der Waals surface area contributed by atoms with Gasteiger partial charge in [-0.15, -0.1) is 0 Å². The molecule has 0 spiro atoms. The summed E-state index contributed by atoms with van der Waals surface area (Å²) < 4.78 is 12.4. The summed E-state index contributed by atoms with van der Waals surface area (Å²) in [5, 5.41) is 26.1. The Hall–Kier alpha value is -4.49. The van der Waals surface area contributed by atoms with Gasteiger partial charge in [0, 0.05) is 64.4 Å². The van der Waals surface area contributed by atoms with Crippen LogP contribution in [0.3, 0.4) is 0 Å². The first-order chi connectivity index (χ1) is 47.5. The molecule has 3 N–H and O–H groups in total. The number of carbonyl (C=O) groups is 4. The summed E-state index contributed by atoms with van der Waals surface area (Å²) >= 11 is 0. The van der Waals surface area contributed by atoms with Gasteiger partial charge in [0.05, 0.1) is 42.0 Å². The maximum absolute atomic E-state index is 13.8. The zero-order chi connectivity index (χ0) is 68.8. The third kappa shape index (κ3) is 13.9. The normalized spacial score (nSPS) is 33.9. The lowest BCUT2D eigenvalue weighted by molar-refractivity contribution is -0.148.